The minimum absolute atomic E-state index is 0.257. The predicted molar refractivity (Wildman–Crippen MR) is 92.6 cm³/mol. The van der Waals surface area contributed by atoms with E-state index in [0.717, 1.165) is 9.35 Å². The largest absolute Gasteiger partial charge is 0.459 e. The number of hydrogen-bond acceptors (Lipinski definition) is 4. The van der Waals surface area contributed by atoms with E-state index in [0.29, 0.717) is 17.2 Å². The number of ether oxygens (including phenoxy) is 1. The van der Waals surface area contributed by atoms with Gasteiger partial charge in [0.1, 0.15) is 12.8 Å². The molecule has 0 saturated heterocycles. The second-order valence-electron chi connectivity index (χ2n) is 4.98. The van der Waals surface area contributed by atoms with E-state index in [1.807, 2.05) is 18.4 Å². The third kappa shape index (κ3) is 4.05. The van der Waals surface area contributed by atoms with Crippen molar-refractivity contribution in [3.05, 3.63) is 32.1 Å². The second kappa shape index (κ2) is 7.52. The van der Waals surface area contributed by atoms with Gasteiger partial charge < -0.3 is 15.4 Å². The number of thiocarbonyl (C=S) groups is 1. The Kier molecular flexibility index (Phi) is 5.94. The Bertz CT molecular complexity index is 618. The minimum atomic E-state index is -0.763. The molecule has 1 aliphatic heterocycles. The lowest BCUT2D eigenvalue weighted by molar-refractivity contribution is -0.144. The molecule has 2 heterocycles. The van der Waals surface area contributed by atoms with E-state index in [2.05, 4.69) is 26.6 Å². The van der Waals surface area contributed by atoms with Crippen LogP contribution >= 0.6 is 39.5 Å². The molecule has 1 aliphatic rings. The summed E-state index contributed by atoms with van der Waals surface area (Å²) in [4.78, 5) is 12.3. The summed E-state index contributed by atoms with van der Waals surface area (Å²) in [5.74, 6) is -0.526. The van der Waals surface area contributed by atoms with E-state index in [-0.39, 0.29) is 11.7 Å². The highest BCUT2D eigenvalue weighted by molar-refractivity contribution is 9.11. The van der Waals surface area contributed by atoms with Crippen LogP contribution in [0.15, 0.2) is 26.5 Å². The Morgan fingerprint density at radius 2 is 2.36 bits per heavy atom. The number of rotatable bonds is 5. The van der Waals surface area contributed by atoms with Gasteiger partial charge in [0.05, 0.1) is 15.4 Å². The van der Waals surface area contributed by atoms with E-state index < -0.39 is 18.7 Å². The first kappa shape index (κ1) is 17.4. The second-order valence-corrected chi connectivity index (χ2v) is 7.63. The molecule has 0 bridgehead atoms. The molecule has 8 heteroatoms. The highest BCUT2D eigenvalue weighted by Gasteiger charge is 2.30. The number of nitrogens with one attached hydrogen (secondary N) is 2. The number of carbonyl (C=O) groups is 1. The van der Waals surface area contributed by atoms with E-state index in [9.17, 15) is 9.18 Å². The van der Waals surface area contributed by atoms with Gasteiger partial charge in [-0.25, -0.2) is 9.18 Å². The zero-order chi connectivity index (χ0) is 16.3. The maximum Gasteiger partial charge on any atom is 0.338 e. The Labute approximate surface area is 146 Å². The molecule has 1 aromatic rings. The fourth-order valence-corrected chi connectivity index (χ4v) is 3.81. The van der Waals surface area contributed by atoms with Crippen molar-refractivity contribution in [1.29, 1.82) is 0 Å². The summed E-state index contributed by atoms with van der Waals surface area (Å²) < 4.78 is 19.6. The zero-order valence-electron chi connectivity index (χ0n) is 12.1. The number of hydrogen-bond donors (Lipinski definition) is 2. The molecule has 0 aliphatic carbocycles. The van der Waals surface area contributed by atoms with Crippen LogP contribution in [0.25, 0.3) is 0 Å². The number of thiophene rings is 1. The van der Waals surface area contributed by atoms with Crippen LogP contribution in [0, 0.1) is 0 Å². The Hall–Kier alpha value is -0.990. The summed E-state index contributed by atoms with van der Waals surface area (Å²) in [6.45, 7) is 2.78. The van der Waals surface area contributed by atoms with Crippen molar-refractivity contribution in [2.45, 2.75) is 32.4 Å². The fraction of sp³-hybridized carbons (Fsp3) is 0.429. The maximum atomic E-state index is 13.1. The normalized spacial score (nSPS) is 19.5. The van der Waals surface area contributed by atoms with Gasteiger partial charge in [-0.2, -0.15) is 0 Å². The summed E-state index contributed by atoms with van der Waals surface area (Å²) in [5, 5.41) is 7.85. The molecule has 1 aromatic heterocycles. The SMILES string of the molecule is CC1=C(C(=O)OC(C)Cc2ccsc2Br)C(CF)NC(=S)N1. The van der Waals surface area contributed by atoms with Gasteiger partial charge in [-0.3, -0.25) is 0 Å². The van der Waals surface area contributed by atoms with Crippen molar-refractivity contribution < 1.29 is 13.9 Å². The highest BCUT2D eigenvalue weighted by Crippen LogP contribution is 2.25. The van der Waals surface area contributed by atoms with Crippen molar-refractivity contribution in [3.8, 4) is 0 Å². The average molecular weight is 407 g/mol. The number of esters is 1. The van der Waals surface area contributed by atoms with Gasteiger partial charge in [0.25, 0.3) is 0 Å². The van der Waals surface area contributed by atoms with Crippen LogP contribution in [0.5, 0.6) is 0 Å². The van der Waals surface area contributed by atoms with Crippen LogP contribution in [0.2, 0.25) is 0 Å². The third-order valence-corrected chi connectivity index (χ3v) is 5.27. The van der Waals surface area contributed by atoms with Crippen molar-refractivity contribution in [3.63, 3.8) is 0 Å². The van der Waals surface area contributed by atoms with Gasteiger partial charge in [-0.15, -0.1) is 11.3 Å². The lowest BCUT2D eigenvalue weighted by Gasteiger charge is -2.28. The molecule has 0 saturated carbocycles. The van der Waals surface area contributed by atoms with Gasteiger partial charge in [-0.1, -0.05) is 0 Å². The fourth-order valence-electron chi connectivity index (χ4n) is 2.24. The van der Waals surface area contributed by atoms with Crippen molar-refractivity contribution >= 4 is 50.6 Å². The molecule has 0 radical (unpaired) electrons. The number of alkyl halides is 1. The molecule has 0 fully saturated rings. The maximum absolute atomic E-state index is 13.1. The minimum Gasteiger partial charge on any atom is -0.459 e. The van der Waals surface area contributed by atoms with Crippen LogP contribution in [-0.4, -0.2) is 29.9 Å². The summed E-state index contributed by atoms with van der Waals surface area (Å²) in [7, 11) is 0. The summed E-state index contributed by atoms with van der Waals surface area (Å²) >= 11 is 10.0. The van der Waals surface area contributed by atoms with E-state index >= 15 is 0 Å². The summed E-state index contributed by atoms with van der Waals surface area (Å²) in [6.07, 6.45) is 0.287. The van der Waals surface area contributed by atoms with Crippen LogP contribution in [0.4, 0.5) is 4.39 Å². The zero-order valence-corrected chi connectivity index (χ0v) is 15.3. The molecule has 22 heavy (non-hydrogen) atoms. The Morgan fingerprint density at radius 1 is 1.64 bits per heavy atom. The van der Waals surface area contributed by atoms with Crippen molar-refractivity contribution in [2.24, 2.45) is 0 Å². The highest BCUT2D eigenvalue weighted by atomic mass is 79.9. The van der Waals surface area contributed by atoms with Crippen LogP contribution in [0.3, 0.4) is 0 Å². The quantitative estimate of drug-likeness (QED) is 0.581. The molecule has 2 atom stereocenters. The van der Waals surface area contributed by atoms with E-state index in [1.165, 1.54) is 0 Å². The average Bonchev–Trinajstić information content (AvgIpc) is 2.82. The summed E-state index contributed by atoms with van der Waals surface area (Å²) in [6, 6.07) is 1.22. The Balaban J connectivity index is 2.05. The molecule has 0 spiro atoms. The number of carbonyl (C=O) groups excluding carboxylic acids is 1. The van der Waals surface area contributed by atoms with Crippen molar-refractivity contribution in [2.75, 3.05) is 6.67 Å². The molecule has 4 nitrogen and oxygen atoms in total. The smallest absolute Gasteiger partial charge is 0.338 e. The molecule has 2 unspecified atom stereocenters. The topological polar surface area (TPSA) is 50.4 Å². The number of allylic oxidation sites excluding steroid dienone is 1. The Morgan fingerprint density at radius 3 is 2.95 bits per heavy atom. The van der Waals surface area contributed by atoms with E-state index in [1.54, 1.807) is 18.3 Å². The van der Waals surface area contributed by atoms with Crippen molar-refractivity contribution in [1.82, 2.24) is 10.6 Å². The molecular weight excluding hydrogens is 391 g/mol. The first-order chi connectivity index (χ1) is 10.4. The molecular formula is C14H16BrFN2O2S2. The first-order valence-corrected chi connectivity index (χ1v) is 8.77. The predicted octanol–water partition coefficient (Wildman–Crippen LogP) is 3.07. The standard InChI is InChI=1S/C14H16BrFN2O2S2/c1-7(5-9-3-4-22-12(9)15)20-13(19)11-8(2)17-14(21)18-10(11)6-16/h3-4,7,10H,5-6H2,1-2H3,(H2,17,18,21). The molecule has 2 rings (SSSR count). The van der Waals surface area contributed by atoms with E-state index in [4.69, 9.17) is 17.0 Å². The lowest BCUT2D eigenvalue weighted by Crippen LogP contribution is -2.51. The third-order valence-electron chi connectivity index (χ3n) is 3.24. The van der Waals surface area contributed by atoms with Gasteiger partial charge in [0.15, 0.2) is 5.11 Å². The monoisotopic (exact) mass is 406 g/mol. The first-order valence-electron chi connectivity index (χ1n) is 6.69. The molecule has 2 N–H and O–H groups in total. The lowest BCUT2D eigenvalue weighted by atomic mass is 10.0. The molecule has 0 amide bonds. The molecule has 0 aromatic carbocycles. The van der Waals surface area contributed by atoms with Crippen LogP contribution in [-0.2, 0) is 16.0 Å². The van der Waals surface area contributed by atoms with Gasteiger partial charge in [-0.05, 0) is 59.0 Å². The summed E-state index contributed by atoms with van der Waals surface area (Å²) in [5.41, 5.74) is 1.87. The van der Waals surface area contributed by atoms with Crippen LogP contribution < -0.4 is 10.6 Å². The van der Waals surface area contributed by atoms with Gasteiger partial charge in [0.2, 0.25) is 0 Å². The van der Waals surface area contributed by atoms with Gasteiger partial charge in [0, 0.05) is 12.1 Å². The number of halogens is 2. The van der Waals surface area contributed by atoms with Crippen LogP contribution in [0.1, 0.15) is 19.4 Å². The molecule has 120 valence electrons. The van der Waals surface area contributed by atoms with Gasteiger partial charge >= 0.3 is 5.97 Å².